The summed E-state index contributed by atoms with van der Waals surface area (Å²) in [6, 6.07) is 18.4. The first kappa shape index (κ1) is 17.6. The van der Waals surface area contributed by atoms with Crippen LogP contribution in [0, 0.1) is 5.41 Å². The van der Waals surface area contributed by atoms with E-state index in [1.807, 2.05) is 36.4 Å². The van der Waals surface area contributed by atoms with Crippen LogP contribution in [0.15, 0.2) is 70.0 Å². The molecule has 0 radical (unpaired) electrons. The van der Waals surface area contributed by atoms with Gasteiger partial charge < -0.3 is 4.42 Å². The maximum Gasteiger partial charge on any atom is 0.247 e. The largest absolute Gasteiger partial charge is 0.420 e. The smallest absolute Gasteiger partial charge is 0.247 e. The van der Waals surface area contributed by atoms with Crippen molar-refractivity contribution in [3.05, 3.63) is 66.6 Å². The molecule has 28 heavy (non-hydrogen) atoms. The van der Waals surface area contributed by atoms with Gasteiger partial charge >= 0.3 is 0 Å². The number of piperidine rings is 1. The molecule has 1 aliphatic heterocycles. The second kappa shape index (κ2) is 6.53. The van der Waals surface area contributed by atoms with Gasteiger partial charge in [-0.1, -0.05) is 36.4 Å². The van der Waals surface area contributed by atoms with Crippen molar-refractivity contribution in [2.75, 3.05) is 13.1 Å². The average Bonchev–Trinajstić information content (AvgIpc) is 3.21. The molecule has 0 N–H and O–H groups in total. The molecule has 144 valence electrons. The van der Waals surface area contributed by atoms with E-state index in [0.29, 0.717) is 29.8 Å². The molecule has 7 heteroatoms. The van der Waals surface area contributed by atoms with Crippen LogP contribution in [0.2, 0.25) is 0 Å². The zero-order valence-electron chi connectivity index (χ0n) is 15.4. The molecule has 5 rings (SSSR count). The predicted octanol–water partition coefficient (Wildman–Crippen LogP) is 3.70. The van der Waals surface area contributed by atoms with Gasteiger partial charge in [-0.05, 0) is 48.9 Å². The van der Waals surface area contributed by atoms with Crippen molar-refractivity contribution >= 4 is 10.0 Å². The van der Waals surface area contributed by atoms with E-state index in [0.717, 1.165) is 24.8 Å². The molecule has 1 aromatic heterocycles. The minimum atomic E-state index is -3.42. The first-order valence-corrected chi connectivity index (χ1v) is 11.0. The highest BCUT2D eigenvalue weighted by Gasteiger charge is 2.58. The molecule has 1 saturated carbocycles. The Balaban J connectivity index is 1.28. The third-order valence-electron chi connectivity index (χ3n) is 6.05. The molecule has 1 saturated heterocycles. The Hall–Kier alpha value is -2.51. The summed E-state index contributed by atoms with van der Waals surface area (Å²) in [7, 11) is -3.42. The van der Waals surface area contributed by atoms with Crippen LogP contribution >= 0.6 is 0 Å². The number of sulfonamides is 1. The van der Waals surface area contributed by atoms with Crippen molar-refractivity contribution in [1.82, 2.24) is 14.5 Å². The molecule has 1 atom stereocenters. The molecule has 0 bridgehead atoms. The molecular weight excluding hydrogens is 374 g/mol. The van der Waals surface area contributed by atoms with Crippen LogP contribution in [-0.4, -0.2) is 36.0 Å². The zero-order valence-corrected chi connectivity index (χ0v) is 16.2. The maximum atomic E-state index is 12.8. The molecule has 6 nitrogen and oxygen atoms in total. The number of aromatic nitrogens is 2. The molecular formula is C21H21N3O3S. The minimum Gasteiger partial charge on any atom is -0.420 e. The summed E-state index contributed by atoms with van der Waals surface area (Å²) in [6.45, 7) is 1.07. The maximum absolute atomic E-state index is 12.8. The predicted molar refractivity (Wildman–Crippen MR) is 104 cm³/mol. The van der Waals surface area contributed by atoms with Crippen molar-refractivity contribution in [2.45, 2.75) is 30.1 Å². The van der Waals surface area contributed by atoms with Crippen molar-refractivity contribution in [3.63, 3.8) is 0 Å². The lowest BCUT2D eigenvalue weighted by molar-refractivity contribution is 0.246. The molecule has 3 aromatic rings. The molecule has 0 amide bonds. The fourth-order valence-corrected chi connectivity index (χ4v) is 5.70. The van der Waals surface area contributed by atoms with Gasteiger partial charge in [0.25, 0.3) is 0 Å². The van der Waals surface area contributed by atoms with Gasteiger partial charge in [0.2, 0.25) is 21.8 Å². The Morgan fingerprint density at radius 3 is 2.25 bits per heavy atom. The molecule has 2 fully saturated rings. The number of benzene rings is 2. The summed E-state index contributed by atoms with van der Waals surface area (Å²) < 4.78 is 33.2. The van der Waals surface area contributed by atoms with Gasteiger partial charge in [-0.3, -0.25) is 0 Å². The summed E-state index contributed by atoms with van der Waals surface area (Å²) in [4.78, 5) is 0.364. The second-order valence-electron chi connectivity index (χ2n) is 7.65. The Morgan fingerprint density at radius 2 is 1.57 bits per heavy atom. The highest BCUT2D eigenvalue weighted by atomic mass is 32.2. The SMILES string of the molecule is O=S(=O)(c1ccccc1)N1CCC2(CC1)C[C@H]2c1nnc(-c2ccccc2)o1. The molecule has 2 aromatic carbocycles. The third-order valence-corrected chi connectivity index (χ3v) is 7.96. The Morgan fingerprint density at radius 1 is 0.929 bits per heavy atom. The summed E-state index contributed by atoms with van der Waals surface area (Å²) >= 11 is 0. The molecule has 1 spiro atoms. The van der Waals surface area contributed by atoms with Crippen LogP contribution in [0.4, 0.5) is 0 Å². The van der Waals surface area contributed by atoms with Crippen molar-refractivity contribution < 1.29 is 12.8 Å². The lowest BCUT2D eigenvalue weighted by Crippen LogP contribution is -2.39. The van der Waals surface area contributed by atoms with E-state index in [1.165, 1.54) is 0 Å². The monoisotopic (exact) mass is 395 g/mol. The van der Waals surface area contributed by atoms with Gasteiger partial charge in [0, 0.05) is 24.6 Å². The molecule has 1 aliphatic carbocycles. The Kier molecular flexibility index (Phi) is 4.10. The Bertz CT molecular complexity index is 1070. The van der Waals surface area contributed by atoms with Crippen molar-refractivity contribution in [1.29, 1.82) is 0 Å². The van der Waals surface area contributed by atoms with E-state index in [-0.39, 0.29) is 11.3 Å². The number of hydrogen-bond donors (Lipinski definition) is 0. The van der Waals surface area contributed by atoms with Gasteiger partial charge in [-0.25, -0.2) is 8.42 Å². The van der Waals surface area contributed by atoms with E-state index < -0.39 is 10.0 Å². The van der Waals surface area contributed by atoms with Gasteiger partial charge in [-0.2, -0.15) is 4.31 Å². The van der Waals surface area contributed by atoms with Crippen molar-refractivity contribution in [2.24, 2.45) is 5.41 Å². The standard InChI is InChI=1S/C21H21N3O3S/c25-28(26,17-9-5-2-6-10-17)24-13-11-21(12-14-24)15-18(21)20-23-22-19(27-20)16-7-3-1-4-8-16/h1-10,18H,11-15H2/t18-/m0/s1. The normalized spacial score (nSPS) is 21.6. The summed E-state index contributed by atoms with van der Waals surface area (Å²) in [5, 5.41) is 8.47. The average molecular weight is 395 g/mol. The third kappa shape index (κ3) is 2.95. The minimum absolute atomic E-state index is 0.100. The summed E-state index contributed by atoms with van der Waals surface area (Å²) in [5.41, 5.74) is 1.02. The van der Waals surface area contributed by atoms with Gasteiger partial charge in [0.1, 0.15) is 0 Å². The highest BCUT2D eigenvalue weighted by Crippen LogP contribution is 2.64. The van der Waals surface area contributed by atoms with E-state index in [2.05, 4.69) is 10.2 Å². The van der Waals surface area contributed by atoms with Crippen LogP contribution in [0.1, 0.15) is 31.1 Å². The van der Waals surface area contributed by atoms with Crippen molar-refractivity contribution in [3.8, 4) is 11.5 Å². The first-order valence-electron chi connectivity index (χ1n) is 9.53. The molecule has 0 unspecified atom stereocenters. The quantitative estimate of drug-likeness (QED) is 0.673. The Labute approximate surface area is 164 Å². The number of hydrogen-bond acceptors (Lipinski definition) is 5. The van der Waals surface area contributed by atoms with Gasteiger partial charge in [0.05, 0.1) is 4.90 Å². The first-order chi connectivity index (χ1) is 13.6. The summed E-state index contributed by atoms with van der Waals surface area (Å²) in [5.74, 6) is 1.46. The van der Waals surface area contributed by atoms with Gasteiger partial charge in [-0.15, -0.1) is 10.2 Å². The molecule has 2 heterocycles. The van der Waals surface area contributed by atoms with E-state index in [9.17, 15) is 8.42 Å². The van der Waals surface area contributed by atoms with Crippen LogP contribution < -0.4 is 0 Å². The lowest BCUT2D eigenvalue weighted by Gasteiger charge is -2.31. The fourth-order valence-electron chi connectivity index (χ4n) is 4.24. The molecule has 2 aliphatic rings. The van der Waals surface area contributed by atoms with Crippen LogP contribution in [0.5, 0.6) is 0 Å². The van der Waals surface area contributed by atoms with Crippen LogP contribution in [0.3, 0.4) is 0 Å². The van der Waals surface area contributed by atoms with Crippen LogP contribution in [-0.2, 0) is 10.0 Å². The zero-order chi connectivity index (χ0) is 19.2. The van der Waals surface area contributed by atoms with E-state index in [4.69, 9.17) is 4.42 Å². The highest BCUT2D eigenvalue weighted by molar-refractivity contribution is 7.89. The van der Waals surface area contributed by atoms with E-state index in [1.54, 1.807) is 28.6 Å². The second-order valence-corrected chi connectivity index (χ2v) is 9.59. The summed E-state index contributed by atoms with van der Waals surface area (Å²) in [6.07, 6.45) is 2.64. The fraction of sp³-hybridized carbons (Fsp3) is 0.333. The van der Waals surface area contributed by atoms with Gasteiger partial charge in [0.15, 0.2) is 0 Å². The topological polar surface area (TPSA) is 76.3 Å². The van der Waals surface area contributed by atoms with Crippen LogP contribution in [0.25, 0.3) is 11.5 Å². The lowest BCUT2D eigenvalue weighted by atomic mass is 9.92. The van der Waals surface area contributed by atoms with E-state index >= 15 is 0 Å². The number of rotatable bonds is 4. The number of nitrogens with zero attached hydrogens (tertiary/aromatic N) is 3.